The monoisotopic (exact) mass is 564 g/mol. The third kappa shape index (κ3) is 3.64. The van der Waals surface area contributed by atoms with Crippen molar-refractivity contribution in [3.05, 3.63) is 47.5 Å². The van der Waals surface area contributed by atoms with Crippen molar-refractivity contribution < 1.29 is 23.9 Å². The van der Waals surface area contributed by atoms with Crippen molar-refractivity contribution in [3.8, 4) is 22.6 Å². The number of ether oxygens (including phenoxy) is 2. The Kier molecular flexibility index (Phi) is 4.96. The van der Waals surface area contributed by atoms with E-state index in [0.717, 1.165) is 49.7 Å². The second-order valence-electron chi connectivity index (χ2n) is 16.6. The first-order valence-electron chi connectivity index (χ1n) is 16.3. The Labute approximate surface area is 247 Å². The molecule has 42 heavy (non-hydrogen) atoms. The van der Waals surface area contributed by atoms with Gasteiger partial charge in [0.1, 0.15) is 11.5 Å². The van der Waals surface area contributed by atoms with E-state index in [4.69, 9.17) is 9.47 Å². The smallest absolute Gasteiger partial charge is 0.317 e. The van der Waals surface area contributed by atoms with Gasteiger partial charge in [-0.15, -0.1) is 0 Å². The summed E-state index contributed by atoms with van der Waals surface area (Å²) in [4.78, 5) is 40.9. The lowest BCUT2D eigenvalue weighted by atomic mass is 9.44. The Morgan fingerprint density at radius 2 is 0.976 bits per heavy atom. The maximum Gasteiger partial charge on any atom is 0.317 e. The standard InChI is InChI=1S/C37H40O5/c1-34-11-21-7-22(12-34)16-36(15-21,19-34)32(39)41-25-3-5-27-28-6-4-26(10-30(28)31(38)29(27)9-25)42-33(40)37-17-23-8-24(18-37)14-35(2,13-23)20-37/h3-6,9-10,21-24H,7-8,11-20H2,1-2H3. The van der Waals surface area contributed by atoms with Crippen LogP contribution in [-0.2, 0) is 9.59 Å². The second-order valence-corrected chi connectivity index (χ2v) is 16.6. The molecule has 8 fully saturated rings. The van der Waals surface area contributed by atoms with Crippen LogP contribution in [0.15, 0.2) is 36.4 Å². The van der Waals surface area contributed by atoms with Crippen LogP contribution in [0.4, 0.5) is 0 Å². The third-order valence-electron chi connectivity index (χ3n) is 12.8. The number of ketones is 1. The van der Waals surface area contributed by atoms with Gasteiger partial charge in [0.25, 0.3) is 0 Å². The minimum absolute atomic E-state index is 0.111. The Morgan fingerprint density at radius 1 is 0.595 bits per heavy atom. The number of carbonyl (C=O) groups excluding carboxylic acids is 3. The molecule has 0 radical (unpaired) electrons. The van der Waals surface area contributed by atoms with E-state index in [1.54, 1.807) is 12.1 Å². The molecular weight excluding hydrogens is 524 g/mol. The Morgan fingerprint density at radius 3 is 1.33 bits per heavy atom. The summed E-state index contributed by atoms with van der Waals surface area (Å²) in [5, 5.41) is 0. The van der Waals surface area contributed by atoms with E-state index in [1.165, 1.54) is 38.5 Å². The SMILES string of the molecule is CC12CC3CC(C1)CC(C(=O)Oc1ccc4c(c1)C(=O)c1cc(OC(=O)C56CC7CC(CC(C)(C7)C5)C6)ccc1-4)(C3)C2. The van der Waals surface area contributed by atoms with Crippen LogP contribution < -0.4 is 9.47 Å². The van der Waals surface area contributed by atoms with Gasteiger partial charge in [0.2, 0.25) is 0 Å². The topological polar surface area (TPSA) is 69.7 Å². The molecule has 0 spiro atoms. The summed E-state index contributed by atoms with van der Waals surface area (Å²) in [5.74, 6) is 3.09. The molecule has 0 heterocycles. The molecule has 0 aliphatic heterocycles. The van der Waals surface area contributed by atoms with E-state index in [0.29, 0.717) is 46.3 Å². The zero-order valence-corrected chi connectivity index (χ0v) is 24.8. The fourth-order valence-electron chi connectivity index (χ4n) is 12.5. The molecule has 0 aromatic heterocycles. The minimum atomic E-state index is -0.377. The van der Waals surface area contributed by atoms with Gasteiger partial charge in [-0.1, -0.05) is 13.8 Å². The van der Waals surface area contributed by atoms with Crippen molar-refractivity contribution >= 4 is 17.7 Å². The predicted octanol–water partition coefficient (Wildman–Crippen LogP) is 7.92. The molecule has 9 aliphatic carbocycles. The number of hydrogen-bond acceptors (Lipinski definition) is 5. The molecule has 5 heteroatoms. The van der Waals surface area contributed by atoms with Gasteiger partial charge >= 0.3 is 11.9 Å². The maximum absolute atomic E-state index is 13.6. The highest BCUT2D eigenvalue weighted by molar-refractivity contribution is 6.22. The third-order valence-corrected chi connectivity index (χ3v) is 12.8. The molecule has 0 N–H and O–H groups in total. The normalized spacial score (nSPS) is 41.5. The Balaban J connectivity index is 0.940. The minimum Gasteiger partial charge on any atom is -0.426 e. The summed E-state index contributed by atoms with van der Waals surface area (Å²) in [5.41, 5.74) is 2.53. The largest absolute Gasteiger partial charge is 0.426 e. The van der Waals surface area contributed by atoms with Crippen molar-refractivity contribution in [1.82, 2.24) is 0 Å². The number of hydrogen-bond donors (Lipinski definition) is 0. The van der Waals surface area contributed by atoms with Crippen LogP contribution in [0.5, 0.6) is 11.5 Å². The van der Waals surface area contributed by atoms with Gasteiger partial charge in [0.05, 0.1) is 10.8 Å². The van der Waals surface area contributed by atoms with Gasteiger partial charge in [-0.3, -0.25) is 14.4 Å². The van der Waals surface area contributed by atoms with Crippen LogP contribution in [0.3, 0.4) is 0 Å². The predicted molar refractivity (Wildman–Crippen MR) is 157 cm³/mol. The molecule has 2 aromatic carbocycles. The zero-order chi connectivity index (χ0) is 28.6. The van der Waals surface area contributed by atoms with Crippen LogP contribution in [0.2, 0.25) is 0 Å². The molecule has 9 aliphatic rings. The lowest BCUT2D eigenvalue weighted by molar-refractivity contribution is -0.170. The van der Waals surface area contributed by atoms with E-state index in [9.17, 15) is 14.4 Å². The Hall–Kier alpha value is -2.95. The number of rotatable bonds is 4. The average molecular weight is 565 g/mol. The highest BCUT2D eigenvalue weighted by atomic mass is 16.5. The molecule has 8 bridgehead atoms. The summed E-state index contributed by atoms with van der Waals surface area (Å²) in [6, 6.07) is 10.9. The molecule has 0 amide bonds. The van der Waals surface area contributed by atoms with Gasteiger partial charge in [-0.05, 0) is 159 Å². The average Bonchev–Trinajstić information content (AvgIpc) is 3.16. The first-order chi connectivity index (χ1) is 20.0. The summed E-state index contributed by atoms with van der Waals surface area (Å²) in [6.45, 7) is 4.71. The van der Waals surface area contributed by atoms with Gasteiger partial charge in [0, 0.05) is 11.1 Å². The molecule has 11 rings (SSSR count). The number of esters is 2. The Bertz CT molecular complexity index is 1440. The lowest BCUT2D eigenvalue weighted by Crippen LogP contribution is -2.55. The fourth-order valence-corrected chi connectivity index (χ4v) is 12.5. The zero-order valence-electron chi connectivity index (χ0n) is 24.8. The first-order valence-corrected chi connectivity index (χ1v) is 16.3. The van der Waals surface area contributed by atoms with Crippen LogP contribution in [0.25, 0.3) is 11.1 Å². The van der Waals surface area contributed by atoms with Crippen molar-refractivity contribution in [3.63, 3.8) is 0 Å². The van der Waals surface area contributed by atoms with Gasteiger partial charge in [-0.2, -0.15) is 0 Å². The van der Waals surface area contributed by atoms with Gasteiger partial charge in [0.15, 0.2) is 5.78 Å². The summed E-state index contributed by atoms with van der Waals surface area (Å²) < 4.78 is 12.1. The molecule has 5 nitrogen and oxygen atoms in total. The summed E-state index contributed by atoms with van der Waals surface area (Å²) >= 11 is 0. The van der Waals surface area contributed by atoms with E-state index >= 15 is 0 Å². The molecule has 4 unspecified atom stereocenters. The highest BCUT2D eigenvalue weighted by Gasteiger charge is 2.61. The second kappa shape index (κ2) is 8.15. The number of carbonyl (C=O) groups is 3. The van der Waals surface area contributed by atoms with Crippen molar-refractivity contribution in [2.45, 2.75) is 90.9 Å². The van der Waals surface area contributed by atoms with Crippen molar-refractivity contribution in [2.24, 2.45) is 45.3 Å². The van der Waals surface area contributed by atoms with E-state index < -0.39 is 0 Å². The maximum atomic E-state index is 13.6. The van der Waals surface area contributed by atoms with Crippen molar-refractivity contribution in [2.75, 3.05) is 0 Å². The fraction of sp³-hybridized carbons (Fsp3) is 0.595. The van der Waals surface area contributed by atoms with Crippen LogP contribution >= 0.6 is 0 Å². The quantitative estimate of drug-likeness (QED) is 0.238. The molecule has 8 saturated carbocycles. The number of fused-ring (bicyclic) bond motifs is 3. The van der Waals surface area contributed by atoms with Crippen LogP contribution in [-0.4, -0.2) is 17.7 Å². The van der Waals surface area contributed by atoms with Gasteiger partial charge in [-0.25, -0.2) is 0 Å². The van der Waals surface area contributed by atoms with Crippen LogP contribution in [0, 0.1) is 45.3 Å². The van der Waals surface area contributed by atoms with E-state index in [2.05, 4.69) is 13.8 Å². The van der Waals surface area contributed by atoms with E-state index in [1.807, 2.05) is 24.3 Å². The van der Waals surface area contributed by atoms with Crippen molar-refractivity contribution in [1.29, 1.82) is 0 Å². The summed E-state index contributed by atoms with van der Waals surface area (Å²) in [6.07, 6.45) is 13.1. The first kappa shape index (κ1) is 25.5. The van der Waals surface area contributed by atoms with Gasteiger partial charge < -0.3 is 9.47 Å². The molecule has 218 valence electrons. The molecular formula is C37H40O5. The highest BCUT2D eigenvalue weighted by Crippen LogP contribution is 2.66. The summed E-state index contributed by atoms with van der Waals surface area (Å²) in [7, 11) is 0. The molecule has 2 aromatic rings. The van der Waals surface area contributed by atoms with Crippen LogP contribution in [0.1, 0.15) is 107 Å². The number of benzene rings is 2. The molecule has 4 atom stereocenters. The van der Waals surface area contributed by atoms with E-state index in [-0.39, 0.29) is 39.4 Å². The molecule has 0 saturated heterocycles. The lowest BCUT2D eigenvalue weighted by Gasteiger charge is -2.59.